The average Bonchev–Trinajstić information content (AvgIpc) is 3.09. The molecule has 0 spiro atoms. The van der Waals surface area contributed by atoms with Gasteiger partial charge in [-0.2, -0.15) is 0 Å². The van der Waals surface area contributed by atoms with Gasteiger partial charge in [-0.1, -0.05) is 6.07 Å². The van der Waals surface area contributed by atoms with Crippen LogP contribution in [0.1, 0.15) is 34.5 Å². The predicted molar refractivity (Wildman–Crippen MR) is 93.0 cm³/mol. The van der Waals surface area contributed by atoms with Crippen LogP contribution in [0.4, 0.5) is 5.69 Å². The fourth-order valence-electron chi connectivity index (χ4n) is 2.73. The zero-order valence-corrected chi connectivity index (χ0v) is 13.8. The molecule has 1 saturated heterocycles. The van der Waals surface area contributed by atoms with Crippen molar-refractivity contribution < 1.29 is 9.59 Å². The van der Waals surface area contributed by atoms with Crippen LogP contribution in [0, 0.1) is 0 Å². The molecule has 1 aromatic carbocycles. The Morgan fingerprint density at radius 3 is 2.70 bits per heavy atom. The molecular formula is C18H20N2O2S. The van der Waals surface area contributed by atoms with Gasteiger partial charge in [0.2, 0.25) is 5.91 Å². The maximum absolute atomic E-state index is 12.1. The number of anilines is 1. The van der Waals surface area contributed by atoms with Gasteiger partial charge in [0.25, 0.3) is 5.91 Å². The molecule has 2 heterocycles. The van der Waals surface area contributed by atoms with Gasteiger partial charge in [0.1, 0.15) is 0 Å². The maximum atomic E-state index is 12.1. The number of amides is 2. The molecule has 0 saturated carbocycles. The summed E-state index contributed by atoms with van der Waals surface area (Å²) in [5, 5.41) is 4.97. The van der Waals surface area contributed by atoms with Crippen molar-refractivity contribution in [3.05, 3.63) is 52.2 Å². The molecule has 0 radical (unpaired) electrons. The molecule has 120 valence electrons. The first-order valence-corrected chi connectivity index (χ1v) is 8.83. The fourth-order valence-corrected chi connectivity index (χ4v) is 3.44. The van der Waals surface area contributed by atoms with Crippen LogP contribution >= 0.6 is 11.3 Å². The highest BCUT2D eigenvalue weighted by atomic mass is 32.1. The van der Waals surface area contributed by atoms with E-state index in [2.05, 4.69) is 11.4 Å². The Hall–Kier alpha value is -2.14. The summed E-state index contributed by atoms with van der Waals surface area (Å²) >= 11 is 1.70. The van der Waals surface area contributed by atoms with Gasteiger partial charge in [0, 0.05) is 35.6 Å². The first kappa shape index (κ1) is 15.7. The van der Waals surface area contributed by atoms with Crippen molar-refractivity contribution in [3.63, 3.8) is 0 Å². The first-order valence-electron chi connectivity index (χ1n) is 7.95. The van der Waals surface area contributed by atoms with Crippen molar-refractivity contribution in [2.24, 2.45) is 0 Å². The highest BCUT2D eigenvalue weighted by Gasteiger charge is 2.19. The largest absolute Gasteiger partial charge is 0.352 e. The number of carbonyl (C=O) groups is 2. The molecule has 0 bridgehead atoms. The van der Waals surface area contributed by atoms with Crippen molar-refractivity contribution in [1.82, 2.24) is 5.32 Å². The lowest BCUT2D eigenvalue weighted by atomic mass is 10.1. The van der Waals surface area contributed by atoms with Crippen LogP contribution < -0.4 is 10.2 Å². The van der Waals surface area contributed by atoms with E-state index in [1.807, 2.05) is 28.5 Å². The predicted octanol–water partition coefficient (Wildman–Crippen LogP) is 3.24. The van der Waals surface area contributed by atoms with Crippen LogP contribution in [-0.4, -0.2) is 24.9 Å². The van der Waals surface area contributed by atoms with Crippen molar-refractivity contribution in [2.45, 2.75) is 25.7 Å². The number of nitrogens with one attached hydrogen (secondary N) is 1. The molecule has 2 amide bonds. The van der Waals surface area contributed by atoms with E-state index >= 15 is 0 Å². The molecule has 4 nitrogen and oxygen atoms in total. The van der Waals surface area contributed by atoms with E-state index in [4.69, 9.17) is 0 Å². The van der Waals surface area contributed by atoms with Crippen molar-refractivity contribution in [2.75, 3.05) is 18.0 Å². The van der Waals surface area contributed by atoms with Crippen LogP contribution in [0.25, 0.3) is 0 Å². The minimum Gasteiger partial charge on any atom is -0.352 e. The molecule has 0 unspecified atom stereocenters. The first-order chi connectivity index (χ1) is 11.2. The van der Waals surface area contributed by atoms with E-state index in [0.29, 0.717) is 18.5 Å². The van der Waals surface area contributed by atoms with E-state index in [0.717, 1.165) is 31.5 Å². The van der Waals surface area contributed by atoms with Crippen LogP contribution in [-0.2, 0) is 11.2 Å². The maximum Gasteiger partial charge on any atom is 0.251 e. The summed E-state index contributed by atoms with van der Waals surface area (Å²) in [5.74, 6) is 0.0995. The minimum absolute atomic E-state index is 0.0712. The number of carbonyl (C=O) groups excluding carboxylic acids is 2. The number of benzene rings is 1. The van der Waals surface area contributed by atoms with Crippen LogP contribution in [0.15, 0.2) is 41.8 Å². The smallest absolute Gasteiger partial charge is 0.251 e. The molecule has 1 aliphatic heterocycles. The third-order valence-corrected chi connectivity index (χ3v) is 4.94. The van der Waals surface area contributed by atoms with Gasteiger partial charge in [-0.3, -0.25) is 9.59 Å². The van der Waals surface area contributed by atoms with Gasteiger partial charge in [-0.05, 0) is 55.0 Å². The molecule has 1 fully saturated rings. The number of rotatable bonds is 5. The molecule has 3 rings (SSSR count). The zero-order chi connectivity index (χ0) is 16.1. The van der Waals surface area contributed by atoms with Crippen molar-refractivity contribution in [1.29, 1.82) is 0 Å². The second-order valence-electron chi connectivity index (χ2n) is 5.63. The Bertz CT molecular complexity index is 665. The third kappa shape index (κ3) is 3.99. The van der Waals surface area contributed by atoms with Crippen LogP contribution in [0.2, 0.25) is 0 Å². The standard InChI is InChI=1S/C18H20N2O2S/c21-17-5-1-2-12-20(17)15-8-6-14(7-9-15)18(22)19-11-10-16-4-3-13-23-16/h3-4,6-9,13H,1-2,5,10-12H2,(H,19,22). The topological polar surface area (TPSA) is 49.4 Å². The van der Waals surface area contributed by atoms with E-state index in [9.17, 15) is 9.59 Å². The summed E-state index contributed by atoms with van der Waals surface area (Å²) in [7, 11) is 0. The summed E-state index contributed by atoms with van der Waals surface area (Å²) in [6.07, 6.45) is 3.48. The van der Waals surface area contributed by atoms with Crippen LogP contribution in [0.3, 0.4) is 0 Å². The molecule has 0 aliphatic carbocycles. The number of thiophene rings is 1. The Labute approximate surface area is 140 Å². The molecule has 1 aromatic heterocycles. The normalized spacial score (nSPS) is 14.8. The lowest BCUT2D eigenvalue weighted by molar-refractivity contribution is -0.119. The Kier molecular flexibility index (Phi) is 5.08. The van der Waals surface area contributed by atoms with Gasteiger partial charge in [0.05, 0.1) is 0 Å². The van der Waals surface area contributed by atoms with Gasteiger partial charge in [-0.25, -0.2) is 0 Å². The number of piperidine rings is 1. The zero-order valence-electron chi connectivity index (χ0n) is 13.0. The molecule has 23 heavy (non-hydrogen) atoms. The minimum atomic E-state index is -0.0712. The van der Waals surface area contributed by atoms with Crippen molar-refractivity contribution >= 4 is 28.8 Å². The number of nitrogens with zero attached hydrogens (tertiary/aromatic N) is 1. The summed E-state index contributed by atoms with van der Waals surface area (Å²) in [4.78, 5) is 27.1. The van der Waals surface area contributed by atoms with Gasteiger partial charge in [-0.15, -0.1) is 11.3 Å². The fraction of sp³-hybridized carbons (Fsp3) is 0.333. The van der Waals surface area contributed by atoms with E-state index in [1.54, 1.807) is 23.5 Å². The summed E-state index contributed by atoms with van der Waals surface area (Å²) < 4.78 is 0. The number of hydrogen-bond donors (Lipinski definition) is 1. The summed E-state index contributed by atoms with van der Waals surface area (Å²) in [6.45, 7) is 1.40. The molecular weight excluding hydrogens is 308 g/mol. The highest BCUT2D eigenvalue weighted by Crippen LogP contribution is 2.21. The molecule has 1 aliphatic rings. The molecule has 1 N–H and O–H groups in total. The lowest BCUT2D eigenvalue weighted by Gasteiger charge is -2.26. The molecule has 0 atom stereocenters. The Morgan fingerprint density at radius 2 is 2.00 bits per heavy atom. The van der Waals surface area contributed by atoms with Gasteiger partial charge >= 0.3 is 0 Å². The highest BCUT2D eigenvalue weighted by molar-refractivity contribution is 7.09. The van der Waals surface area contributed by atoms with E-state index in [1.165, 1.54) is 4.88 Å². The average molecular weight is 328 g/mol. The Morgan fingerprint density at radius 1 is 1.17 bits per heavy atom. The summed E-state index contributed by atoms with van der Waals surface area (Å²) in [6, 6.07) is 11.4. The second-order valence-corrected chi connectivity index (χ2v) is 6.67. The number of hydrogen-bond acceptors (Lipinski definition) is 3. The monoisotopic (exact) mass is 328 g/mol. The quantitative estimate of drug-likeness (QED) is 0.916. The summed E-state index contributed by atoms with van der Waals surface area (Å²) in [5.41, 5.74) is 1.51. The van der Waals surface area contributed by atoms with E-state index < -0.39 is 0 Å². The molecule has 2 aromatic rings. The van der Waals surface area contributed by atoms with Gasteiger partial charge in [0.15, 0.2) is 0 Å². The van der Waals surface area contributed by atoms with Crippen LogP contribution in [0.5, 0.6) is 0 Å². The third-order valence-electron chi connectivity index (χ3n) is 4.00. The van der Waals surface area contributed by atoms with Crippen molar-refractivity contribution in [3.8, 4) is 0 Å². The SMILES string of the molecule is O=C(NCCc1cccs1)c1ccc(N2CCCCC2=O)cc1. The van der Waals surface area contributed by atoms with E-state index in [-0.39, 0.29) is 11.8 Å². The lowest BCUT2D eigenvalue weighted by Crippen LogP contribution is -2.35. The Balaban J connectivity index is 1.55. The second kappa shape index (κ2) is 7.42. The van der Waals surface area contributed by atoms with Gasteiger partial charge < -0.3 is 10.2 Å². The molecule has 5 heteroatoms.